The van der Waals surface area contributed by atoms with Crippen LogP contribution in [0.25, 0.3) is 0 Å². The van der Waals surface area contributed by atoms with Crippen molar-refractivity contribution < 1.29 is 14.3 Å². The van der Waals surface area contributed by atoms with Gasteiger partial charge in [-0.25, -0.2) is 14.8 Å². The summed E-state index contributed by atoms with van der Waals surface area (Å²) in [5.41, 5.74) is 2.72. The zero-order valence-electron chi connectivity index (χ0n) is 21.3. The molecule has 0 unspecified atom stereocenters. The normalized spacial score (nSPS) is 18.2. The molecule has 5 heteroatoms. The second-order valence-corrected chi connectivity index (χ2v) is 10.5. The largest absolute Gasteiger partial charge is 0.484 e. The Morgan fingerprint density at radius 1 is 0.914 bits per heavy atom. The molecule has 0 spiro atoms. The van der Waals surface area contributed by atoms with Crippen molar-refractivity contribution in [2.24, 2.45) is 5.92 Å². The first-order valence-electron chi connectivity index (χ1n) is 12.6. The molecule has 0 bridgehead atoms. The number of rotatable bonds is 7. The van der Waals surface area contributed by atoms with Crippen LogP contribution in [0.1, 0.15) is 85.5 Å². The Kier molecular flexibility index (Phi) is 7.84. The molecule has 4 rings (SSSR count). The first-order chi connectivity index (χ1) is 16.8. The molecule has 0 atom stereocenters. The van der Waals surface area contributed by atoms with Gasteiger partial charge in [0, 0.05) is 6.42 Å². The fourth-order valence-electron chi connectivity index (χ4n) is 4.76. The van der Waals surface area contributed by atoms with Crippen molar-refractivity contribution in [3.63, 3.8) is 0 Å². The lowest BCUT2D eigenvalue weighted by Crippen LogP contribution is -2.26. The molecule has 0 amide bonds. The zero-order chi connectivity index (χ0) is 24.8. The van der Waals surface area contributed by atoms with Crippen LogP contribution in [-0.4, -0.2) is 21.5 Å². The third kappa shape index (κ3) is 6.91. The van der Waals surface area contributed by atoms with Gasteiger partial charge in [-0.2, -0.15) is 0 Å². The van der Waals surface area contributed by atoms with Crippen LogP contribution in [0.15, 0.2) is 60.7 Å². The van der Waals surface area contributed by atoms with Gasteiger partial charge in [0.25, 0.3) is 0 Å². The van der Waals surface area contributed by atoms with Crippen LogP contribution in [0.2, 0.25) is 0 Å². The molecule has 3 aromatic rings. The van der Waals surface area contributed by atoms with Gasteiger partial charge in [0.1, 0.15) is 18.0 Å². The minimum atomic E-state index is -0.622. The lowest BCUT2D eigenvalue weighted by atomic mass is 9.77. The minimum Gasteiger partial charge on any atom is -0.484 e. The highest BCUT2D eigenvalue weighted by Gasteiger charge is 2.28. The number of aromatic nitrogens is 2. The fraction of sp³-hybridized carbons (Fsp3) is 0.433. The molecule has 0 aliphatic heterocycles. The van der Waals surface area contributed by atoms with Gasteiger partial charge in [-0.3, -0.25) is 0 Å². The third-order valence-electron chi connectivity index (χ3n) is 6.49. The first kappa shape index (κ1) is 24.9. The Morgan fingerprint density at radius 2 is 1.54 bits per heavy atom. The van der Waals surface area contributed by atoms with E-state index in [2.05, 4.69) is 30.3 Å². The topological polar surface area (TPSA) is 61.3 Å². The van der Waals surface area contributed by atoms with Crippen molar-refractivity contribution in [1.29, 1.82) is 0 Å². The van der Waals surface area contributed by atoms with E-state index in [4.69, 9.17) is 19.4 Å². The second kappa shape index (κ2) is 11.0. The van der Waals surface area contributed by atoms with Crippen molar-refractivity contribution >= 4 is 5.97 Å². The SMILES string of the molecule is Cc1nc(CC2CCC(c3ccccc3)CC2)nc(C(=O)OC(C)(C)C)c1OCc1ccccc1. The van der Waals surface area contributed by atoms with E-state index in [1.807, 2.05) is 58.0 Å². The van der Waals surface area contributed by atoms with Crippen molar-refractivity contribution in [2.45, 2.75) is 77.9 Å². The van der Waals surface area contributed by atoms with Crippen LogP contribution in [0.3, 0.4) is 0 Å². The molecule has 0 N–H and O–H groups in total. The van der Waals surface area contributed by atoms with Crippen LogP contribution >= 0.6 is 0 Å². The second-order valence-electron chi connectivity index (χ2n) is 10.5. The van der Waals surface area contributed by atoms with Crippen LogP contribution in [0.4, 0.5) is 0 Å². The Morgan fingerprint density at radius 3 is 2.17 bits per heavy atom. The maximum absolute atomic E-state index is 13.1. The highest BCUT2D eigenvalue weighted by molar-refractivity contribution is 5.90. The molecule has 184 valence electrons. The van der Waals surface area contributed by atoms with Gasteiger partial charge in [-0.15, -0.1) is 0 Å². The predicted octanol–water partition coefficient (Wildman–Crippen LogP) is 6.84. The number of benzene rings is 2. The summed E-state index contributed by atoms with van der Waals surface area (Å²) in [5, 5.41) is 0. The summed E-state index contributed by atoms with van der Waals surface area (Å²) in [6.45, 7) is 7.79. The van der Waals surface area contributed by atoms with Gasteiger partial charge in [0.05, 0.1) is 5.69 Å². The molecule has 1 heterocycles. The standard InChI is InChI=1S/C30H36N2O3/c1-21-28(34-20-23-11-7-5-8-12-23)27(29(33)35-30(2,3)4)32-26(31-21)19-22-15-17-25(18-16-22)24-13-9-6-10-14-24/h5-14,22,25H,15-20H2,1-4H3. The molecule has 1 aliphatic carbocycles. The smallest absolute Gasteiger partial charge is 0.361 e. The molecule has 0 radical (unpaired) electrons. The molecule has 1 aromatic heterocycles. The van der Waals surface area contributed by atoms with Crippen molar-refractivity contribution in [1.82, 2.24) is 9.97 Å². The lowest BCUT2D eigenvalue weighted by Gasteiger charge is -2.28. The number of hydrogen-bond acceptors (Lipinski definition) is 5. The number of carbonyl (C=O) groups is 1. The monoisotopic (exact) mass is 472 g/mol. The summed E-state index contributed by atoms with van der Waals surface area (Å²) < 4.78 is 11.7. The quantitative estimate of drug-likeness (QED) is 0.353. The van der Waals surface area contributed by atoms with E-state index in [9.17, 15) is 4.79 Å². The Balaban J connectivity index is 1.50. The molecule has 1 aliphatic rings. The Hall–Kier alpha value is -3.21. The van der Waals surface area contributed by atoms with Gasteiger partial charge in [0.15, 0.2) is 11.4 Å². The van der Waals surface area contributed by atoms with Crippen LogP contribution in [0.5, 0.6) is 5.75 Å². The average molecular weight is 473 g/mol. The molecule has 1 saturated carbocycles. The first-order valence-corrected chi connectivity index (χ1v) is 12.6. The van der Waals surface area contributed by atoms with Gasteiger partial charge < -0.3 is 9.47 Å². The highest BCUT2D eigenvalue weighted by Crippen LogP contribution is 2.37. The lowest BCUT2D eigenvalue weighted by molar-refractivity contribution is 0.00572. The van der Waals surface area contributed by atoms with E-state index >= 15 is 0 Å². The number of ether oxygens (including phenoxy) is 2. The van der Waals surface area contributed by atoms with E-state index in [1.165, 1.54) is 18.4 Å². The summed E-state index contributed by atoms with van der Waals surface area (Å²) in [6.07, 6.45) is 5.37. The average Bonchev–Trinajstić information content (AvgIpc) is 2.84. The maximum atomic E-state index is 13.1. The van der Waals surface area contributed by atoms with Gasteiger partial charge in [0.2, 0.25) is 0 Å². The fourth-order valence-corrected chi connectivity index (χ4v) is 4.76. The van der Waals surface area contributed by atoms with E-state index < -0.39 is 11.6 Å². The van der Waals surface area contributed by atoms with Crippen molar-refractivity contribution in [3.8, 4) is 5.75 Å². The van der Waals surface area contributed by atoms with E-state index in [1.54, 1.807) is 0 Å². The molecule has 5 nitrogen and oxygen atoms in total. The summed E-state index contributed by atoms with van der Waals surface area (Å²) in [7, 11) is 0. The zero-order valence-corrected chi connectivity index (χ0v) is 21.3. The number of hydrogen-bond donors (Lipinski definition) is 0. The molecular formula is C30H36N2O3. The van der Waals surface area contributed by atoms with Gasteiger partial charge in [-0.1, -0.05) is 60.7 Å². The molecule has 0 saturated heterocycles. The number of nitrogens with zero attached hydrogens (tertiary/aromatic N) is 2. The molecule has 2 aromatic carbocycles. The molecule has 35 heavy (non-hydrogen) atoms. The van der Waals surface area contributed by atoms with E-state index in [0.29, 0.717) is 35.7 Å². The summed E-state index contributed by atoms with van der Waals surface area (Å²) in [4.78, 5) is 22.5. The van der Waals surface area contributed by atoms with E-state index in [-0.39, 0.29) is 5.69 Å². The van der Waals surface area contributed by atoms with Crippen LogP contribution in [-0.2, 0) is 17.8 Å². The van der Waals surface area contributed by atoms with Gasteiger partial charge >= 0.3 is 5.97 Å². The molecular weight excluding hydrogens is 436 g/mol. The van der Waals surface area contributed by atoms with Crippen molar-refractivity contribution in [3.05, 3.63) is 89.0 Å². The number of aryl methyl sites for hydroxylation is 1. The maximum Gasteiger partial charge on any atom is 0.361 e. The predicted molar refractivity (Wildman–Crippen MR) is 138 cm³/mol. The summed E-state index contributed by atoms with van der Waals surface area (Å²) >= 11 is 0. The van der Waals surface area contributed by atoms with Crippen LogP contribution < -0.4 is 4.74 Å². The highest BCUT2D eigenvalue weighted by atomic mass is 16.6. The van der Waals surface area contributed by atoms with E-state index in [0.717, 1.165) is 24.8 Å². The molecule has 1 fully saturated rings. The van der Waals surface area contributed by atoms with Gasteiger partial charge in [-0.05, 0) is 76.3 Å². The minimum absolute atomic E-state index is 0.219. The number of carbonyl (C=O) groups excluding carboxylic acids is 1. The number of esters is 1. The summed E-state index contributed by atoms with van der Waals surface area (Å²) in [6, 6.07) is 20.7. The summed E-state index contributed by atoms with van der Waals surface area (Å²) in [5.74, 6) is 1.76. The Labute approximate surface area is 208 Å². The van der Waals surface area contributed by atoms with Crippen molar-refractivity contribution in [2.75, 3.05) is 0 Å². The Bertz CT molecular complexity index is 1120. The van der Waals surface area contributed by atoms with Crippen LogP contribution in [0, 0.1) is 12.8 Å². The third-order valence-corrected chi connectivity index (χ3v) is 6.49.